The molecular formula is C24H27N3O5S2. The average Bonchev–Trinajstić information content (AvgIpc) is 3.39. The van der Waals surface area contributed by atoms with Crippen molar-refractivity contribution in [3.8, 4) is 5.75 Å². The van der Waals surface area contributed by atoms with Gasteiger partial charge in [0.2, 0.25) is 0 Å². The second kappa shape index (κ2) is 11.0. The van der Waals surface area contributed by atoms with Gasteiger partial charge in [-0.2, -0.15) is 0 Å². The van der Waals surface area contributed by atoms with Gasteiger partial charge in [0.15, 0.2) is 0 Å². The molecule has 1 saturated heterocycles. The Kier molecular flexibility index (Phi) is 7.84. The van der Waals surface area contributed by atoms with Crippen molar-refractivity contribution in [2.45, 2.75) is 10.9 Å². The smallest absolute Gasteiger partial charge is 0.262 e. The molecule has 10 heteroatoms. The van der Waals surface area contributed by atoms with Crippen LogP contribution in [-0.4, -0.2) is 59.2 Å². The molecule has 3 aromatic rings. The normalized spacial score (nSPS) is 15.4. The molecular weight excluding hydrogens is 474 g/mol. The van der Waals surface area contributed by atoms with Crippen LogP contribution in [0.25, 0.3) is 0 Å². The Morgan fingerprint density at radius 2 is 1.91 bits per heavy atom. The molecule has 2 heterocycles. The average molecular weight is 502 g/mol. The first kappa shape index (κ1) is 24.2. The maximum atomic E-state index is 13.0. The van der Waals surface area contributed by atoms with Crippen molar-refractivity contribution < 1.29 is 22.7 Å². The molecule has 1 aliphatic heterocycles. The standard InChI is InChI=1S/C24H27N3O5S2/c1-31-22-9-3-2-8-20(22)26-34(29,30)19-7-4-6-18(16-19)24(28)25-17-21(23-10-5-15-33-23)27-11-13-32-14-12-27/h2-10,15-16,21,26H,11-14,17H2,1H3,(H,25,28)/t21-/m0/s1. The lowest BCUT2D eigenvalue weighted by molar-refractivity contribution is 0.0169. The van der Waals surface area contributed by atoms with Crippen molar-refractivity contribution in [1.29, 1.82) is 0 Å². The molecule has 0 bridgehead atoms. The minimum Gasteiger partial charge on any atom is -0.495 e. The van der Waals surface area contributed by atoms with E-state index in [2.05, 4.69) is 21.0 Å². The molecule has 0 aliphatic carbocycles. The maximum Gasteiger partial charge on any atom is 0.262 e. The number of carbonyl (C=O) groups is 1. The molecule has 34 heavy (non-hydrogen) atoms. The van der Waals surface area contributed by atoms with E-state index in [1.54, 1.807) is 47.7 Å². The summed E-state index contributed by atoms with van der Waals surface area (Å²) in [5, 5.41) is 5.00. The number of nitrogens with zero attached hydrogens (tertiary/aromatic N) is 1. The zero-order valence-corrected chi connectivity index (χ0v) is 20.4. The molecule has 8 nitrogen and oxygen atoms in total. The van der Waals surface area contributed by atoms with Crippen molar-refractivity contribution in [2.24, 2.45) is 0 Å². The summed E-state index contributed by atoms with van der Waals surface area (Å²) < 4.78 is 39.1. The molecule has 0 spiro atoms. The lowest BCUT2D eigenvalue weighted by Gasteiger charge is -2.34. The minimum absolute atomic E-state index is 0.00552. The number of thiophene rings is 1. The minimum atomic E-state index is -3.92. The second-order valence-electron chi connectivity index (χ2n) is 7.72. The Morgan fingerprint density at radius 1 is 1.12 bits per heavy atom. The number of anilines is 1. The summed E-state index contributed by atoms with van der Waals surface area (Å²) in [4.78, 5) is 16.4. The molecule has 2 N–H and O–H groups in total. The highest BCUT2D eigenvalue weighted by molar-refractivity contribution is 7.92. The number of para-hydroxylation sites is 2. The van der Waals surface area contributed by atoms with E-state index in [0.717, 1.165) is 13.1 Å². The van der Waals surface area contributed by atoms with Crippen LogP contribution in [0.4, 0.5) is 5.69 Å². The van der Waals surface area contributed by atoms with Crippen molar-refractivity contribution >= 4 is 33.0 Å². The monoisotopic (exact) mass is 501 g/mol. The Balaban J connectivity index is 1.47. The lowest BCUT2D eigenvalue weighted by Crippen LogP contribution is -2.43. The first-order chi connectivity index (χ1) is 16.5. The van der Waals surface area contributed by atoms with Crippen LogP contribution in [0.2, 0.25) is 0 Å². The Hall–Kier alpha value is -2.92. The van der Waals surface area contributed by atoms with Gasteiger partial charge in [0.1, 0.15) is 5.75 Å². The third kappa shape index (κ3) is 5.76. The van der Waals surface area contributed by atoms with Crippen molar-refractivity contribution in [1.82, 2.24) is 10.2 Å². The lowest BCUT2D eigenvalue weighted by atomic mass is 10.1. The van der Waals surface area contributed by atoms with Gasteiger partial charge in [0.25, 0.3) is 15.9 Å². The van der Waals surface area contributed by atoms with Crippen LogP contribution < -0.4 is 14.8 Å². The van der Waals surface area contributed by atoms with Crippen LogP contribution in [-0.2, 0) is 14.8 Å². The predicted octanol–water partition coefficient (Wildman–Crippen LogP) is 3.36. The highest BCUT2D eigenvalue weighted by atomic mass is 32.2. The molecule has 1 atom stereocenters. The van der Waals surface area contributed by atoms with Crippen LogP contribution in [0.3, 0.4) is 0 Å². The van der Waals surface area contributed by atoms with E-state index in [1.165, 1.54) is 24.1 Å². The molecule has 2 aromatic carbocycles. The van der Waals surface area contributed by atoms with Gasteiger partial charge < -0.3 is 14.8 Å². The fraction of sp³-hybridized carbons (Fsp3) is 0.292. The van der Waals surface area contributed by atoms with E-state index in [4.69, 9.17) is 9.47 Å². The summed E-state index contributed by atoms with van der Waals surface area (Å²) in [5.74, 6) is 0.0758. The van der Waals surface area contributed by atoms with Crippen LogP contribution in [0.15, 0.2) is 70.9 Å². The van der Waals surface area contributed by atoms with Crippen LogP contribution >= 0.6 is 11.3 Å². The third-order valence-corrected chi connectivity index (χ3v) is 7.91. The number of nitrogens with one attached hydrogen (secondary N) is 2. The first-order valence-corrected chi connectivity index (χ1v) is 13.2. The van der Waals surface area contributed by atoms with E-state index in [1.807, 2.05) is 11.4 Å². The molecule has 180 valence electrons. The van der Waals surface area contributed by atoms with Crippen LogP contribution in [0.5, 0.6) is 5.75 Å². The van der Waals surface area contributed by atoms with Crippen molar-refractivity contribution in [3.63, 3.8) is 0 Å². The number of amides is 1. The van der Waals surface area contributed by atoms with Gasteiger partial charge in [-0.25, -0.2) is 8.42 Å². The SMILES string of the molecule is COc1ccccc1NS(=O)(=O)c1cccc(C(=O)NC[C@@H](c2cccs2)N2CCOCC2)c1. The van der Waals surface area contributed by atoms with Gasteiger partial charge >= 0.3 is 0 Å². The van der Waals surface area contributed by atoms with Crippen molar-refractivity contribution in [3.05, 3.63) is 76.5 Å². The second-order valence-corrected chi connectivity index (χ2v) is 10.4. The van der Waals surface area contributed by atoms with Gasteiger partial charge in [0, 0.05) is 30.1 Å². The quantitative estimate of drug-likeness (QED) is 0.467. The molecule has 1 amide bonds. The number of ether oxygens (including phenoxy) is 2. The number of carbonyl (C=O) groups excluding carboxylic acids is 1. The van der Waals surface area contributed by atoms with E-state index >= 15 is 0 Å². The number of hydrogen-bond acceptors (Lipinski definition) is 7. The number of morpholine rings is 1. The Labute approximate surface area is 203 Å². The largest absolute Gasteiger partial charge is 0.495 e. The molecule has 0 saturated carbocycles. The molecule has 0 unspecified atom stereocenters. The fourth-order valence-electron chi connectivity index (χ4n) is 3.81. The molecule has 1 aliphatic rings. The molecule has 1 aromatic heterocycles. The highest BCUT2D eigenvalue weighted by Crippen LogP contribution is 2.27. The predicted molar refractivity (Wildman–Crippen MR) is 132 cm³/mol. The summed E-state index contributed by atoms with van der Waals surface area (Å²) in [6.07, 6.45) is 0. The van der Waals surface area contributed by atoms with Gasteiger partial charge in [0.05, 0.1) is 36.9 Å². The summed E-state index contributed by atoms with van der Waals surface area (Å²) in [6, 6.07) is 16.8. The van der Waals surface area contributed by atoms with E-state index in [9.17, 15) is 13.2 Å². The number of methoxy groups -OCH3 is 1. The third-order valence-electron chi connectivity index (χ3n) is 5.57. The van der Waals surface area contributed by atoms with Crippen molar-refractivity contribution in [2.75, 3.05) is 44.7 Å². The Bertz CT molecular complexity index is 1210. The van der Waals surface area contributed by atoms with Gasteiger partial charge in [-0.3, -0.25) is 14.4 Å². The summed E-state index contributed by atoms with van der Waals surface area (Å²) in [6.45, 7) is 3.32. The number of hydrogen-bond donors (Lipinski definition) is 2. The van der Waals surface area contributed by atoms with E-state index in [-0.39, 0.29) is 22.4 Å². The maximum absolute atomic E-state index is 13.0. The zero-order valence-electron chi connectivity index (χ0n) is 18.8. The number of benzene rings is 2. The van der Waals surface area contributed by atoms with Gasteiger partial charge in [-0.15, -0.1) is 11.3 Å². The van der Waals surface area contributed by atoms with Gasteiger partial charge in [-0.1, -0.05) is 24.3 Å². The Morgan fingerprint density at radius 3 is 2.65 bits per heavy atom. The molecule has 1 fully saturated rings. The van der Waals surface area contributed by atoms with Gasteiger partial charge in [-0.05, 0) is 41.8 Å². The van der Waals surface area contributed by atoms with Crippen LogP contribution in [0.1, 0.15) is 21.3 Å². The first-order valence-electron chi connectivity index (χ1n) is 10.9. The number of rotatable bonds is 9. The van der Waals surface area contributed by atoms with E-state index < -0.39 is 10.0 Å². The highest BCUT2D eigenvalue weighted by Gasteiger charge is 2.24. The summed E-state index contributed by atoms with van der Waals surface area (Å²) in [5.41, 5.74) is 0.596. The zero-order chi connectivity index (χ0) is 24.0. The van der Waals surface area contributed by atoms with Crippen LogP contribution in [0, 0.1) is 0 Å². The fourth-order valence-corrected chi connectivity index (χ4v) is 5.78. The molecule has 0 radical (unpaired) electrons. The summed E-state index contributed by atoms with van der Waals surface area (Å²) >= 11 is 1.65. The molecule has 4 rings (SSSR count). The number of sulfonamides is 1. The van der Waals surface area contributed by atoms with E-state index in [0.29, 0.717) is 31.2 Å². The topological polar surface area (TPSA) is 97.0 Å². The summed E-state index contributed by atoms with van der Waals surface area (Å²) in [7, 11) is -2.45.